The summed E-state index contributed by atoms with van der Waals surface area (Å²) in [6, 6.07) is 19.9. The van der Waals surface area contributed by atoms with Gasteiger partial charge in [-0.05, 0) is 47.5 Å². The van der Waals surface area contributed by atoms with Crippen LogP contribution in [0.4, 0.5) is 5.69 Å². The molecule has 6 heteroatoms. The minimum Gasteiger partial charge on any atom is -0.486 e. The average molecular weight is 402 g/mol. The molecule has 0 saturated carbocycles. The second-order valence-electron chi connectivity index (χ2n) is 5.90. The number of halogens is 2. The maximum absolute atomic E-state index is 10.9. The fourth-order valence-electron chi connectivity index (χ4n) is 2.52. The third kappa shape index (κ3) is 5.16. The molecule has 0 bridgehead atoms. The summed E-state index contributed by atoms with van der Waals surface area (Å²) in [4.78, 5) is 10.9. The van der Waals surface area contributed by atoms with Crippen LogP contribution in [0, 0.1) is 0 Å². The molecule has 138 valence electrons. The van der Waals surface area contributed by atoms with Crippen molar-refractivity contribution in [2.45, 2.75) is 13.2 Å². The number of rotatable bonds is 7. The molecule has 0 atom stereocenters. The van der Waals surface area contributed by atoms with Gasteiger partial charge in [0.2, 0.25) is 0 Å². The van der Waals surface area contributed by atoms with Crippen LogP contribution in [-0.2, 0) is 13.2 Å². The summed E-state index contributed by atoms with van der Waals surface area (Å²) in [7, 11) is 0. The zero-order valence-electron chi connectivity index (χ0n) is 14.3. The Morgan fingerprint density at radius 3 is 2.15 bits per heavy atom. The minimum absolute atomic E-state index is 0.242. The summed E-state index contributed by atoms with van der Waals surface area (Å²) in [5.41, 5.74) is 2.96. The van der Waals surface area contributed by atoms with E-state index < -0.39 is 5.97 Å². The standard InChI is InChI=1S/C21H17Cl2NO3/c22-18-10-15(12-24-17-8-6-16(7-9-17)21(25)26)11-19(23)20(18)27-13-14-4-2-1-3-5-14/h1-11,24H,12-13H2,(H,25,26). The molecule has 0 amide bonds. The van der Waals surface area contributed by atoms with Gasteiger partial charge in [-0.25, -0.2) is 4.79 Å². The van der Waals surface area contributed by atoms with Gasteiger partial charge in [-0.1, -0.05) is 53.5 Å². The molecule has 2 N–H and O–H groups in total. The van der Waals surface area contributed by atoms with E-state index in [-0.39, 0.29) is 5.56 Å². The summed E-state index contributed by atoms with van der Waals surface area (Å²) in [5, 5.41) is 13.0. The Hall–Kier alpha value is -2.69. The van der Waals surface area contributed by atoms with Crippen LogP contribution in [-0.4, -0.2) is 11.1 Å². The van der Waals surface area contributed by atoms with E-state index in [0.29, 0.717) is 28.9 Å². The van der Waals surface area contributed by atoms with Crippen molar-refractivity contribution in [1.82, 2.24) is 0 Å². The summed E-state index contributed by atoms with van der Waals surface area (Å²) in [6.45, 7) is 0.874. The lowest BCUT2D eigenvalue weighted by atomic mass is 10.2. The minimum atomic E-state index is -0.953. The molecule has 3 rings (SSSR count). The zero-order valence-corrected chi connectivity index (χ0v) is 15.8. The van der Waals surface area contributed by atoms with Crippen molar-refractivity contribution in [2.24, 2.45) is 0 Å². The topological polar surface area (TPSA) is 58.6 Å². The highest BCUT2D eigenvalue weighted by molar-refractivity contribution is 6.37. The van der Waals surface area contributed by atoms with Crippen LogP contribution < -0.4 is 10.1 Å². The van der Waals surface area contributed by atoms with Crippen molar-refractivity contribution in [3.8, 4) is 5.75 Å². The molecular formula is C21H17Cl2NO3. The summed E-state index contributed by atoms with van der Waals surface area (Å²) >= 11 is 12.7. The van der Waals surface area contributed by atoms with Gasteiger partial charge in [-0.2, -0.15) is 0 Å². The molecule has 0 fully saturated rings. The molecule has 27 heavy (non-hydrogen) atoms. The highest BCUT2D eigenvalue weighted by Gasteiger charge is 2.10. The van der Waals surface area contributed by atoms with E-state index in [1.807, 2.05) is 30.3 Å². The van der Waals surface area contributed by atoms with E-state index in [4.69, 9.17) is 33.0 Å². The third-order valence-corrected chi connectivity index (χ3v) is 4.47. The van der Waals surface area contributed by atoms with E-state index in [1.54, 1.807) is 36.4 Å². The van der Waals surface area contributed by atoms with Gasteiger partial charge in [0.15, 0.2) is 5.75 Å². The van der Waals surface area contributed by atoms with Crippen LogP contribution >= 0.6 is 23.2 Å². The molecule has 0 radical (unpaired) electrons. The molecular weight excluding hydrogens is 385 g/mol. The van der Waals surface area contributed by atoms with Gasteiger partial charge in [-0.15, -0.1) is 0 Å². The summed E-state index contributed by atoms with van der Waals surface area (Å²) in [6.07, 6.45) is 0. The molecule has 4 nitrogen and oxygen atoms in total. The lowest BCUT2D eigenvalue weighted by molar-refractivity contribution is 0.0697. The van der Waals surface area contributed by atoms with Gasteiger partial charge in [0.05, 0.1) is 15.6 Å². The Labute approximate surface area is 167 Å². The predicted molar refractivity (Wildman–Crippen MR) is 108 cm³/mol. The SMILES string of the molecule is O=C(O)c1ccc(NCc2cc(Cl)c(OCc3ccccc3)c(Cl)c2)cc1. The molecule has 3 aromatic rings. The van der Waals surface area contributed by atoms with Crippen LogP contribution in [0.5, 0.6) is 5.75 Å². The van der Waals surface area contributed by atoms with Crippen molar-refractivity contribution < 1.29 is 14.6 Å². The number of anilines is 1. The summed E-state index contributed by atoms with van der Waals surface area (Å²) in [5.74, 6) is -0.497. The zero-order chi connectivity index (χ0) is 19.2. The van der Waals surface area contributed by atoms with Gasteiger partial charge in [0.1, 0.15) is 6.61 Å². The molecule has 0 aliphatic rings. The van der Waals surface area contributed by atoms with Gasteiger partial charge in [0, 0.05) is 12.2 Å². The first-order chi connectivity index (χ1) is 13.0. The number of carboxylic acids is 1. The Balaban J connectivity index is 1.64. The number of ether oxygens (including phenoxy) is 1. The fraction of sp³-hybridized carbons (Fsp3) is 0.0952. The first-order valence-corrected chi connectivity index (χ1v) is 9.00. The molecule has 0 aliphatic carbocycles. The smallest absolute Gasteiger partial charge is 0.335 e. The summed E-state index contributed by atoms with van der Waals surface area (Å²) < 4.78 is 5.77. The molecule has 0 aliphatic heterocycles. The molecule has 0 aromatic heterocycles. The number of carboxylic acid groups (broad SMARTS) is 1. The molecule has 0 heterocycles. The van der Waals surface area contributed by atoms with Crippen molar-refractivity contribution in [1.29, 1.82) is 0 Å². The van der Waals surface area contributed by atoms with E-state index >= 15 is 0 Å². The second-order valence-corrected chi connectivity index (χ2v) is 6.71. The van der Waals surface area contributed by atoms with Crippen molar-refractivity contribution in [2.75, 3.05) is 5.32 Å². The number of hydrogen-bond acceptors (Lipinski definition) is 3. The van der Waals surface area contributed by atoms with Gasteiger partial charge in [-0.3, -0.25) is 0 Å². The lowest BCUT2D eigenvalue weighted by Crippen LogP contribution is -2.02. The fourth-order valence-corrected chi connectivity index (χ4v) is 3.16. The first-order valence-electron chi connectivity index (χ1n) is 8.25. The monoisotopic (exact) mass is 401 g/mol. The van der Waals surface area contributed by atoms with Crippen molar-refractivity contribution in [3.63, 3.8) is 0 Å². The lowest BCUT2D eigenvalue weighted by Gasteiger charge is -2.13. The van der Waals surface area contributed by atoms with Crippen LogP contribution in [0.1, 0.15) is 21.5 Å². The number of benzene rings is 3. The Kier molecular flexibility index (Phi) is 6.22. The maximum atomic E-state index is 10.9. The van der Waals surface area contributed by atoms with Gasteiger partial charge >= 0.3 is 5.97 Å². The first kappa shape index (κ1) is 19.1. The van der Waals surface area contributed by atoms with E-state index in [9.17, 15) is 4.79 Å². The van der Waals surface area contributed by atoms with E-state index in [0.717, 1.165) is 16.8 Å². The van der Waals surface area contributed by atoms with Crippen molar-refractivity contribution in [3.05, 3.63) is 93.5 Å². The van der Waals surface area contributed by atoms with E-state index in [2.05, 4.69) is 5.32 Å². The quantitative estimate of drug-likeness (QED) is 0.518. The number of carbonyl (C=O) groups is 1. The van der Waals surface area contributed by atoms with Crippen LogP contribution in [0.25, 0.3) is 0 Å². The van der Waals surface area contributed by atoms with Crippen LogP contribution in [0.15, 0.2) is 66.7 Å². The maximum Gasteiger partial charge on any atom is 0.335 e. The van der Waals surface area contributed by atoms with Gasteiger partial charge in [0.25, 0.3) is 0 Å². The number of aromatic carboxylic acids is 1. The average Bonchev–Trinajstić information content (AvgIpc) is 2.67. The van der Waals surface area contributed by atoms with Gasteiger partial charge < -0.3 is 15.2 Å². The predicted octanol–water partition coefficient (Wildman–Crippen LogP) is 5.88. The number of nitrogens with one attached hydrogen (secondary N) is 1. The van der Waals surface area contributed by atoms with Crippen LogP contribution in [0.2, 0.25) is 10.0 Å². The molecule has 0 spiro atoms. The highest BCUT2D eigenvalue weighted by atomic mass is 35.5. The normalized spacial score (nSPS) is 10.4. The highest BCUT2D eigenvalue weighted by Crippen LogP contribution is 2.35. The Morgan fingerprint density at radius 1 is 0.926 bits per heavy atom. The second kappa shape index (κ2) is 8.80. The molecule has 0 unspecified atom stereocenters. The largest absolute Gasteiger partial charge is 0.486 e. The Bertz CT molecular complexity index is 905. The van der Waals surface area contributed by atoms with Crippen LogP contribution in [0.3, 0.4) is 0 Å². The van der Waals surface area contributed by atoms with Crippen molar-refractivity contribution >= 4 is 34.9 Å². The third-order valence-electron chi connectivity index (χ3n) is 3.91. The number of hydrogen-bond donors (Lipinski definition) is 2. The molecule has 3 aromatic carbocycles. The molecule has 0 saturated heterocycles. The van der Waals surface area contributed by atoms with E-state index in [1.165, 1.54) is 0 Å². The Morgan fingerprint density at radius 2 is 1.56 bits per heavy atom.